The molecule has 0 aliphatic heterocycles. The molecule has 130 valence electrons. The van der Waals surface area contributed by atoms with Gasteiger partial charge in [0.25, 0.3) is 5.91 Å². The third-order valence-corrected chi connectivity index (χ3v) is 4.55. The summed E-state index contributed by atoms with van der Waals surface area (Å²) in [4.78, 5) is 20.5. The lowest BCUT2D eigenvalue weighted by Gasteiger charge is -2.08. The van der Waals surface area contributed by atoms with E-state index >= 15 is 0 Å². The molecule has 25 heavy (non-hydrogen) atoms. The molecule has 1 N–H and O–H groups in total. The highest BCUT2D eigenvalue weighted by Gasteiger charge is 2.07. The Bertz CT molecular complexity index is 795. The predicted molar refractivity (Wildman–Crippen MR) is 99.1 cm³/mol. The number of amides is 1. The molecule has 0 bridgehead atoms. The summed E-state index contributed by atoms with van der Waals surface area (Å²) < 4.78 is 4.04. The molecule has 2 heterocycles. The summed E-state index contributed by atoms with van der Waals surface area (Å²) in [5.74, 6) is -0.0371. The van der Waals surface area contributed by atoms with E-state index in [2.05, 4.69) is 15.3 Å². The minimum absolute atomic E-state index is 0.0371. The third-order valence-electron chi connectivity index (χ3n) is 3.88. The first-order valence-corrected chi connectivity index (χ1v) is 9.42. The van der Waals surface area contributed by atoms with Crippen molar-refractivity contribution in [2.75, 3.05) is 12.8 Å². The van der Waals surface area contributed by atoms with E-state index in [0.717, 1.165) is 30.2 Å². The van der Waals surface area contributed by atoms with Crippen molar-refractivity contribution in [3.63, 3.8) is 0 Å². The molecule has 0 fully saturated rings. The molecule has 3 rings (SSSR count). The van der Waals surface area contributed by atoms with Gasteiger partial charge in [0.2, 0.25) is 0 Å². The Morgan fingerprint density at radius 3 is 2.72 bits per heavy atom. The van der Waals surface area contributed by atoms with Gasteiger partial charge in [-0.05, 0) is 43.4 Å². The van der Waals surface area contributed by atoms with E-state index < -0.39 is 0 Å². The van der Waals surface area contributed by atoms with Gasteiger partial charge >= 0.3 is 0 Å². The predicted octanol–water partition coefficient (Wildman–Crippen LogP) is 3.00. The molecule has 0 spiro atoms. The van der Waals surface area contributed by atoms with Gasteiger partial charge in [-0.3, -0.25) is 9.36 Å². The number of rotatable bonds is 8. The van der Waals surface area contributed by atoms with Gasteiger partial charge in [0.15, 0.2) is 5.16 Å². The fourth-order valence-electron chi connectivity index (χ4n) is 2.55. The van der Waals surface area contributed by atoms with Gasteiger partial charge in [0.05, 0.1) is 6.33 Å². The molecule has 2 aromatic heterocycles. The van der Waals surface area contributed by atoms with Gasteiger partial charge in [-0.15, -0.1) is 0 Å². The van der Waals surface area contributed by atoms with Crippen molar-refractivity contribution in [2.45, 2.75) is 24.5 Å². The van der Waals surface area contributed by atoms with Crippen LogP contribution in [-0.4, -0.2) is 37.8 Å². The lowest BCUT2D eigenvalue weighted by molar-refractivity contribution is 0.0953. The molecule has 0 aliphatic rings. The average molecular weight is 355 g/mol. The molecule has 6 nitrogen and oxygen atoms in total. The van der Waals surface area contributed by atoms with Crippen LogP contribution in [0.1, 0.15) is 23.2 Å². The number of aromatic nitrogens is 4. The van der Waals surface area contributed by atoms with Gasteiger partial charge < -0.3 is 9.88 Å². The molecule has 0 radical (unpaired) electrons. The number of benzene rings is 1. The standard InChI is InChI=1S/C18H21N5OS/c1-25-18-21-10-13-23(18)16-6-4-15(5-7-16)17(24)20-8-2-3-11-22-12-9-19-14-22/h4-7,9-10,12-14H,2-3,8,11H2,1H3,(H,20,24). The Labute approximate surface area is 151 Å². The van der Waals surface area contributed by atoms with E-state index in [1.807, 2.05) is 58.4 Å². The largest absolute Gasteiger partial charge is 0.352 e. The van der Waals surface area contributed by atoms with Crippen LogP contribution < -0.4 is 5.32 Å². The number of nitrogens with zero attached hydrogens (tertiary/aromatic N) is 4. The van der Waals surface area contributed by atoms with Crippen molar-refractivity contribution in [3.8, 4) is 5.69 Å². The Morgan fingerprint density at radius 1 is 1.16 bits per heavy atom. The van der Waals surface area contributed by atoms with E-state index in [1.54, 1.807) is 24.2 Å². The van der Waals surface area contributed by atoms with Gasteiger partial charge in [-0.2, -0.15) is 0 Å². The average Bonchev–Trinajstić information content (AvgIpc) is 3.33. The summed E-state index contributed by atoms with van der Waals surface area (Å²) >= 11 is 1.59. The highest BCUT2D eigenvalue weighted by Crippen LogP contribution is 2.18. The van der Waals surface area contributed by atoms with E-state index in [4.69, 9.17) is 0 Å². The first-order valence-electron chi connectivity index (χ1n) is 8.19. The van der Waals surface area contributed by atoms with E-state index in [9.17, 15) is 4.79 Å². The smallest absolute Gasteiger partial charge is 0.251 e. The van der Waals surface area contributed by atoms with Crippen LogP contribution in [0, 0.1) is 0 Å². The van der Waals surface area contributed by atoms with Crippen LogP contribution in [0.4, 0.5) is 0 Å². The number of unbranched alkanes of at least 4 members (excludes halogenated alkanes) is 1. The summed E-state index contributed by atoms with van der Waals surface area (Å²) in [6, 6.07) is 7.57. The number of carbonyl (C=O) groups excluding carboxylic acids is 1. The number of carbonyl (C=O) groups is 1. The summed E-state index contributed by atoms with van der Waals surface area (Å²) in [6.07, 6.45) is 13.2. The Hall–Kier alpha value is -2.54. The van der Waals surface area contributed by atoms with E-state index in [1.165, 1.54) is 0 Å². The van der Waals surface area contributed by atoms with Crippen LogP contribution in [0.5, 0.6) is 0 Å². The zero-order valence-corrected chi connectivity index (χ0v) is 14.9. The molecule has 0 saturated heterocycles. The molecule has 0 atom stereocenters. The zero-order chi connectivity index (χ0) is 17.5. The molecule has 0 saturated carbocycles. The minimum atomic E-state index is -0.0371. The minimum Gasteiger partial charge on any atom is -0.352 e. The van der Waals surface area contributed by atoms with Crippen LogP contribution in [0.15, 0.2) is 60.5 Å². The normalized spacial score (nSPS) is 10.8. The SMILES string of the molecule is CSc1nccn1-c1ccc(C(=O)NCCCCn2ccnc2)cc1. The second-order valence-electron chi connectivity index (χ2n) is 5.59. The van der Waals surface area contributed by atoms with Crippen molar-refractivity contribution in [2.24, 2.45) is 0 Å². The van der Waals surface area contributed by atoms with Crippen molar-refractivity contribution >= 4 is 17.7 Å². The molecular weight excluding hydrogens is 334 g/mol. The van der Waals surface area contributed by atoms with Crippen molar-refractivity contribution < 1.29 is 4.79 Å². The quantitative estimate of drug-likeness (QED) is 0.498. The van der Waals surface area contributed by atoms with Gasteiger partial charge in [0.1, 0.15) is 0 Å². The van der Waals surface area contributed by atoms with Crippen LogP contribution in [0.3, 0.4) is 0 Å². The topological polar surface area (TPSA) is 64.7 Å². The maximum Gasteiger partial charge on any atom is 0.251 e. The monoisotopic (exact) mass is 355 g/mol. The third kappa shape index (κ3) is 4.51. The Morgan fingerprint density at radius 2 is 2.00 bits per heavy atom. The van der Waals surface area contributed by atoms with Gasteiger partial charge in [-0.25, -0.2) is 9.97 Å². The first kappa shape index (κ1) is 17.3. The van der Waals surface area contributed by atoms with Crippen molar-refractivity contribution in [1.29, 1.82) is 0 Å². The fourth-order valence-corrected chi connectivity index (χ4v) is 3.08. The summed E-state index contributed by atoms with van der Waals surface area (Å²) in [5.41, 5.74) is 1.67. The number of aryl methyl sites for hydroxylation is 1. The maximum absolute atomic E-state index is 12.2. The molecule has 1 amide bonds. The molecular formula is C18H21N5OS. The second kappa shape index (κ2) is 8.53. The number of thioether (sulfide) groups is 1. The van der Waals surface area contributed by atoms with Gasteiger partial charge in [-0.1, -0.05) is 11.8 Å². The van der Waals surface area contributed by atoms with Crippen LogP contribution in [-0.2, 0) is 6.54 Å². The summed E-state index contributed by atoms with van der Waals surface area (Å²) in [6.45, 7) is 1.60. The molecule has 1 aromatic carbocycles. The lowest BCUT2D eigenvalue weighted by atomic mass is 10.2. The summed E-state index contributed by atoms with van der Waals surface area (Å²) in [5, 5.41) is 3.89. The van der Waals surface area contributed by atoms with Crippen molar-refractivity contribution in [3.05, 3.63) is 60.9 Å². The van der Waals surface area contributed by atoms with E-state index in [0.29, 0.717) is 12.1 Å². The van der Waals surface area contributed by atoms with E-state index in [-0.39, 0.29) is 5.91 Å². The maximum atomic E-state index is 12.2. The van der Waals surface area contributed by atoms with Crippen LogP contribution >= 0.6 is 11.8 Å². The lowest BCUT2D eigenvalue weighted by Crippen LogP contribution is -2.24. The molecule has 3 aromatic rings. The number of nitrogens with one attached hydrogen (secondary N) is 1. The Balaban J connectivity index is 1.47. The number of hydrogen-bond donors (Lipinski definition) is 1. The van der Waals surface area contributed by atoms with Crippen molar-refractivity contribution in [1.82, 2.24) is 24.4 Å². The van der Waals surface area contributed by atoms with Crippen LogP contribution in [0.2, 0.25) is 0 Å². The highest BCUT2D eigenvalue weighted by atomic mass is 32.2. The highest BCUT2D eigenvalue weighted by molar-refractivity contribution is 7.98. The fraction of sp³-hybridized carbons (Fsp3) is 0.278. The van der Waals surface area contributed by atoms with Crippen LogP contribution in [0.25, 0.3) is 5.69 Å². The molecule has 7 heteroatoms. The zero-order valence-electron chi connectivity index (χ0n) is 14.1. The first-order chi connectivity index (χ1) is 12.3. The molecule has 0 unspecified atom stereocenters. The number of hydrogen-bond acceptors (Lipinski definition) is 4. The summed E-state index contributed by atoms with van der Waals surface area (Å²) in [7, 11) is 0. The molecule has 0 aliphatic carbocycles. The van der Waals surface area contributed by atoms with Gasteiger partial charge in [0, 0.05) is 49.1 Å². The Kier molecular flexibility index (Phi) is 5.90. The second-order valence-corrected chi connectivity index (χ2v) is 6.37. The number of imidazole rings is 2.